The van der Waals surface area contributed by atoms with Crippen molar-refractivity contribution in [1.29, 1.82) is 0 Å². The van der Waals surface area contributed by atoms with Gasteiger partial charge in [-0.15, -0.1) is 11.3 Å². The molecular formula is C24H21Cl2N3O3S3. The third-order valence-electron chi connectivity index (χ3n) is 5.89. The van der Waals surface area contributed by atoms with E-state index in [1.807, 2.05) is 42.5 Å². The zero-order chi connectivity index (χ0) is 24.6. The molecule has 1 fully saturated rings. The summed E-state index contributed by atoms with van der Waals surface area (Å²) >= 11 is 14.7. The van der Waals surface area contributed by atoms with Crippen LogP contribution in [-0.4, -0.2) is 36.2 Å². The molecule has 182 valence electrons. The van der Waals surface area contributed by atoms with Crippen molar-refractivity contribution in [3.8, 4) is 0 Å². The fraction of sp³-hybridized carbons (Fsp3) is 0.250. The highest BCUT2D eigenvalue weighted by Gasteiger charge is 2.41. The van der Waals surface area contributed by atoms with E-state index in [-0.39, 0.29) is 23.2 Å². The van der Waals surface area contributed by atoms with Crippen molar-refractivity contribution < 1.29 is 13.2 Å². The molecule has 2 aromatic carbocycles. The third-order valence-corrected chi connectivity index (χ3v) is 10.8. The molecule has 0 aliphatic carbocycles. The fourth-order valence-corrected chi connectivity index (χ4v) is 8.73. The molecule has 1 amide bonds. The minimum atomic E-state index is -3.87. The normalized spacial score (nSPS) is 17.0. The maximum absolute atomic E-state index is 14.1. The van der Waals surface area contributed by atoms with E-state index in [1.165, 1.54) is 21.7 Å². The van der Waals surface area contributed by atoms with E-state index in [1.54, 1.807) is 17.0 Å². The number of anilines is 1. The first kappa shape index (κ1) is 24.7. The summed E-state index contributed by atoms with van der Waals surface area (Å²) in [5, 5.41) is 0.998. The molecular weight excluding hydrogens is 545 g/mol. The predicted molar refractivity (Wildman–Crippen MR) is 143 cm³/mol. The average molecular weight is 567 g/mol. The van der Waals surface area contributed by atoms with Crippen LogP contribution in [0.4, 0.5) is 5.13 Å². The summed E-state index contributed by atoms with van der Waals surface area (Å²) < 4.78 is 29.7. The Balaban J connectivity index is 1.55. The molecule has 0 spiro atoms. The predicted octanol–water partition coefficient (Wildman–Crippen LogP) is 6.44. The number of hydrogen-bond acceptors (Lipinski definition) is 6. The van der Waals surface area contributed by atoms with Crippen molar-refractivity contribution in [3.05, 3.63) is 75.6 Å². The van der Waals surface area contributed by atoms with Gasteiger partial charge in [0.2, 0.25) is 5.91 Å². The van der Waals surface area contributed by atoms with Crippen LogP contribution in [0.1, 0.15) is 24.8 Å². The zero-order valence-electron chi connectivity index (χ0n) is 18.4. The topological polar surface area (TPSA) is 70.6 Å². The Labute approximate surface area is 221 Å². The second-order valence-electron chi connectivity index (χ2n) is 8.18. The number of benzene rings is 2. The van der Waals surface area contributed by atoms with Crippen molar-refractivity contribution in [2.45, 2.75) is 36.1 Å². The van der Waals surface area contributed by atoms with Crippen LogP contribution in [-0.2, 0) is 21.4 Å². The molecule has 5 rings (SSSR count). The van der Waals surface area contributed by atoms with Gasteiger partial charge in [-0.05, 0) is 42.7 Å². The van der Waals surface area contributed by atoms with Gasteiger partial charge in [0.1, 0.15) is 15.8 Å². The molecule has 4 aromatic rings. The van der Waals surface area contributed by atoms with E-state index in [2.05, 4.69) is 4.98 Å². The highest BCUT2D eigenvalue weighted by atomic mass is 35.5. The van der Waals surface area contributed by atoms with Crippen molar-refractivity contribution >= 4 is 77.2 Å². The third kappa shape index (κ3) is 4.98. The van der Waals surface area contributed by atoms with Gasteiger partial charge >= 0.3 is 0 Å². The lowest BCUT2D eigenvalue weighted by atomic mass is 10.0. The molecule has 1 unspecified atom stereocenters. The molecule has 6 nitrogen and oxygen atoms in total. The summed E-state index contributed by atoms with van der Waals surface area (Å²) in [5.74, 6) is -0.296. The zero-order valence-corrected chi connectivity index (χ0v) is 22.4. The Morgan fingerprint density at radius 3 is 2.54 bits per heavy atom. The second-order valence-corrected chi connectivity index (χ2v) is 13.4. The van der Waals surface area contributed by atoms with Gasteiger partial charge in [0.25, 0.3) is 10.0 Å². The Kier molecular flexibility index (Phi) is 7.16. The molecule has 1 saturated heterocycles. The van der Waals surface area contributed by atoms with E-state index in [0.717, 1.165) is 28.0 Å². The summed E-state index contributed by atoms with van der Waals surface area (Å²) in [4.78, 5) is 20.4. The van der Waals surface area contributed by atoms with Crippen LogP contribution in [0, 0.1) is 0 Å². The van der Waals surface area contributed by atoms with Gasteiger partial charge in [0.15, 0.2) is 5.13 Å². The number of halogens is 2. The number of carbonyl (C=O) groups excluding carboxylic acids is 1. The van der Waals surface area contributed by atoms with Gasteiger partial charge in [0, 0.05) is 6.54 Å². The Morgan fingerprint density at radius 1 is 1.03 bits per heavy atom. The number of piperidine rings is 1. The number of amides is 1. The molecule has 0 N–H and O–H groups in total. The van der Waals surface area contributed by atoms with E-state index >= 15 is 0 Å². The van der Waals surface area contributed by atoms with Crippen molar-refractivity contribution in [2.24, 2.45) is 0 Å². The van der Waals surface area contributed by atoms with Gasteiger partial charge in [0.05, 0.1) is 20.6 Å². The molecule has 1 aliphatic rings. The van der Waals surface area contributed by atoms with E-state index in [0.29, 0.717) is 32.8 Å². The number of sulfonamides is 1. The molecule has 0 saturated carbocycles. The van der Waals surface area contributed by atoms with Crippen LogP contribution in [0.15, 0.2) is 64.9 Å². The standard InChI is InChI=1S/C24H21Cl2N3O3S3/c25-17-9-6-11-19-22(17)27-24(33-19)28(15-16-7-2-1-3-8-16)23(30)18-10-4-5-14-29(18)35(31,32)21-13-12-20(26)34-21/h1-3,6-9,11-13,18H,4-5,10,14-15H2. The largest absolute Gasteiger partial charge is 0.282 e. The minimum absolute atomic E-state index is 0.142. The molecule has 3 heterocycles. The second kappa shape index (κ2) is 10.2. The first-order chi connectivity index (χ1) is 16.8. The van der Waals surface area contributed by atoms with Crippen molar-refractivity contribution in [2.75, 3.05) is 11.4 Å². The minimum Gasteiger partial charge on any atom is -0.282 e. The van der Waals surface area contributed by atoms with E-state index in [9.17, 15) is 13.2 Å². The van der Waals surface area contributed by atoms with Gasteiger partial charge < -0.3 is 0 Å². The first-order valence-corrected chi connectivity index (χ1v) is 14.8. The van der Waals surface area contributed by atoms with Gasteiger partial charge in [-0.2, -0.15) is 4.31 Å². The average Bonchev–Trinajstić information content (AvgIpc) is 3.50. The number of fused-ring (bicyclic) bond motifs is 1. The summed E-state index contributed by atoms with van der Waals surface area (Å²) in [7, 11) is -3.87. The summed E-state index contributed by atoms with van der Waals surface area (Å²) in [6, 6.07) is 17.3. The number of aromatic nitrogens is 1. The molecule has 2 aromatic heterocycles. The number of para-hydroxylation sites is 1. The van der Waals surface area contributed by atoms with Gasteiger partial charge in [-0.25, -0.2) is 13.4 Å². The number of nitrogens with zero attached hydrogens (tertiary/aromatic N) is 3. The Morgan fingerprint density at radius 2 is 1.83 bits per heavy atom. The van der Waals surface area contributed by atoms with Crippen LogP contribution < -0.4 is 4.90 Å². The van der Waals surface area contributed by atoms with Gasteiger partial charge in [-0.1, -0.05) is 77.4 Å². The summed E-state index contributed by atoms with van der Waals surface area (Å²) in [6.07, 6.45) is 1.89. The molecule has 11 heteroatoms. The number of thiazole rings is 1. The molecule has 0 radical (unpaired) electrons. The first-order valence-electron chi connectivity index (χ1n) is 11.0. The van der Waals surface area contributed by atoms with Crippen LogP contribution in [0.3, 0.4) is 0 Å². The Hall–Kier alpha value is -2.01. The molecule has 1 atom stereocenters. The summed E-state index contributed by atoms with van der Waals surface area (Å²) in [5.41, 5.74) is 1.54. The lowest BCUT2D eigenvalue weighted by molar-refractivity contribution is -0.123. The van der Waals surface area contributed by atoms with Crippen LogP contribution >= 0.6 is 45.9 Å². The molecule has 1 aliphatic heterocycles. The Bertz CT molecular complexity index is 1470. The van der Waals surface area contributed by atoms with Crippen LogP contribution in [0.25, 0.3) is 10.2 Å². The lowest BCUT2D eigenvalue weighted by Crippen LogP contribution is -2.52. The van der Waals surface area contributed by atoms with Crippen LogP contribution in [0.5, 0.6) is 0 Å². The molecule has 35 heavy (non-hydrogen) atoms. The lowest BCUT2D eigenvalue weighted by Gasteiger charge is -2.35. The highest BCUT2D eigenvalue weighted by molar-refractivity contribution is 7.91. The SMILES string of the molecule is O=C(C1CCCCN1S(=O)(=O)c1ccc(Cl)s1)N(Cc1ccccc1)c1nc2c(Cl)cccc2s1. The molecule has 0 bridgehead atoms. The monoisotopic (exact) mass is 565 g/mol. The quantitative estimate of drug-likeness (QED) is 0.269. The fourth-order valence-electron chi connectivity index (χ4n) is 4.20. The van der Waals surface area contributed by atoms with Gasteiger partial charge in [-0.3, -0.25) is 9.69 Å². The number of thiophene rings is 1. The van der Waals surface area contributed by atoms with E-state index < -0.39 is 16.1 Å². The summed E-state index contributed by atoms with van der Waals surface area (Å²) in [6.45, 7) is 0.547. The van der Waals surface area contributed by atoms with Crippen molar-refractivity contribution in [3.63, 3.8) is 0 Å². The highest BCUT2D eigenvalue weighted by Crippen LogP contribution is 2.36. The van der Waals surface area contributed by atoms with E-state index in [4.69, 9.17) is 23.2 Å². The van der Waals surface area contributed by atoms with Crippen molar-refractivity contribution in [1.82, 2.24) is 9.29 Å². The smallest absolute Gasteiger partial charge is 0.253 e. The number of rotatable bonds is 6. The van der Waals surface area contributed by atoms with Crippen LogP contribution in [0.2, 0.25) is 9.36 Å². The maximum Gasteiger partial charge on any atom is 0.253 e. The number of carbonyl (C=O) groups is 1. The maximum atomic E-state index is 14.1. The number of hydrogen-bond donors (Lipinski definition) is 0.